The smallest absolute Gasteiger partial charge is 0.309 e. The molecule has 1 aromatic heterocycles. The molecule has 0 fully saturated rings. The summed E-state index contributed by atoms with van der Waals surface area (Å²) in [5.41, 5.74) is -2.66. The molecule has 0 unspecified atom stereocenters. The molecule has 0 saturated heterocycles. The summed E-state index contributed by atoms with van der Waals surface area (Å²) in [7, 11) is 1.64. The monoisotopic (exact) mass is 453 g/mol. The number of nitrogens with one attached hydrogen (secondary N) is 2. The van der Waals surface area contributed by atoms with E-state index in [1.807, 2.05) is 13.8 Å². The molecule has 0 aliphatic rings. The van der Waals surface area contributed by atoms with Gasteiger partial charge in [0, 0.05) is 11.8 Å². The Morgan fingerprint density at radius 1 is 1.07 bits per heavy atom. The van der Waals surface area contributed by atoms with Gasteiger partial charge < -0.3 is 10.6 Å². The first kappa shape index (κ1) is 24.1. The van der Waals surface area contributed by atoms with Crippen molar-refractivity contribution in [3.05, 3.63) is 46.0 Å². The standard InChI is InChI=1S/C19H21F6N3OS/c1-10(2)4-15(26-3)16(29)28-17-27-14(9-30-17)7-11-5-12(18(20,21)22)8-13(6-11)19(23,24)25/h5-6,8-10,15,26H,4,7H2,1-3H3,(H,27,28,29)/t15-/m0/s1. The average Bonchev–Trinajstić information content (AvgIpc) is 3.04. The zero-order valence-corrected chi connectivity index (χ0v) is 17.2. The molecule has 1 heterocycles. The molecule has 2 aromatic rings. The van der Waals surface area contributed by atoms with E-state index in [4.69, 9.17) is 0 Å². The highest BCUT2D eigenvalue weighted by molar-refractivity contribution is 7.13. The summed E-state index contributed by atoms with van der Waals surface area (Å²) in [6, 6.07) is 0.983. The van der Waals surface area contributed by atoms with Crippen LogP contribution in [0.4, 0.5) is 31.5 Å². The second-order valence-electron chi connectivity index (χ2n) is 7.19. The normalized spacial score (nSPS) is 13.5. The first-order valence-corrected chi connectivity index (χ1v) is 9.88. The summed E-state index contributed by atoms with van der Waals surface area (Å²) >= 11 is 1.05. The Bertz CT molecular complexity index is 844. The number of carbonyl (C=O) groups is 1. The van der Waals surface area contributed by atoms with Crippen molar-refractivity contribution in [1.29, 1.82) is 0 Å². The number of carbonyl (C=O) groups excluding carboxylic acids is 1. The van der Waals surface area contributed by atoms with Gasteiger partial charge in [0.1, 0.15) is 0 Å². The van der Waals surface area contributed by atoms with Crippen molar-refractivity contribution >= 4 is 22.4 Å². The minimum atomic E-state index is -4.91. The molecule has 11 heteroatoms. The molecule has 0 bridgehead atoms. The third-order valence-corrected chi connectivity index (χ3v) is 4.99. The Kier molecular flexibility index (Phi) is 7.51. The zero-order valence-electron chi connectivity index (χ0n) is 16.4. The fourth-order valence-corrected chi connectivity index (χ4v) is 3.51. The van der Waals surface area contributed by atoms with Gasteiger partial charge in [-0.2, -0.15) is 26.3 Å². The molecule has 1 amide bonds. The van der Waals surface area contributed by atoms with Crippen LogP contribution in [0.15, 0.2) is 23.6 Å². The number of nitrogens with zero attached hydrogens (tertiary/aromatic N) is 1. The van der Waals surface area contributed by atoms with Crippen molar-refractivity contribution in [2.75, 3.05) is 12.4 Å². The molecule has 0 radical (unpaired) electrons. The molecule has 0 aliphatic carbocycles. The number of hydrogen-bond acceptors (Lipinski definition) is 4. The largest absolute Gasteiger partial charge is 0.416 e. The van der Waals surface area contributed by atoms with E-state index >= 15 is 0 Å². The van der Waals surface area contributed by atoms with Gasteiger partial charge in [-0.1, -0.05) is 13.8 Å². The number of rotatable bonds is 7. The van der Waals surface area contributed by atoms with Gasteiger partial charge in [0.15, 0.2) is 5.13 Å². The SMILES string of the molecule is CN[C@@H](CC(C)C)C(=O)Nc1nc(Cc2cc(C(F)(F)F)cc(C(F)(F)F)c2)cs1. The Labute approximate surface area is 173 Å². The van der Waals surface area contributed by atoms with Gasteiger partial charge in [0.05, 0.1) is 22.9 Å². The van der Waals surface area contributed by atoms with Crippen LogP contribution in [-0.2, 0) is 23.6 Å². The van der Waals surface area contributed by atoms with Crippen LogP contribution < -0.4 is 10.6 Å². The molecule has 166 valence electrons. The molecule has 1 aromatic carbocycles. The lowest BCUT2D eigenvalue weighted by Gasteiger charge is -2.16. The van der Waals surface area contributed by atoms with Crippen molar-refractivity contribution in [2.45, 2.75) is 45.1 Å². The molecule has 1 atom stereocenters. The van der Waals surface area contributed by atoms with Gasteiger partial charge in [-0.05, 0) is 43.1 Å². The van der Waals surface area contributed by atoms with Gasteiger partial charge >= 0.3 is 12.4 Å². The van der Waals surface area contributed by atoms with Crippen LogP contribution in [0.5, 0.6) is 0 Å². The van der Waals surface area contributed by atoms with E-state index in [0.717, 1.165) is 11.3 Å². The molecule has 2 N–H and O–H groups in total. The Morgan fingerprint density at radius 3 is 2.10 bits per heavy atom. The molecule has 4 nitrogen and oxygen atoms in total. The van der Waals surface area contributed by atoms with Gasteiger partial charge in [0.25, 0.3) is 0 Å². The number of hydrogen-bond donors (Lipinski definition) is 2. The van der Waals surface area contributed by atoms with E-state index in [2.05, 4.69) is 15.6 Å². The number of anilines is 1. The topological polar surface area (TPSA) is 54.0 Å². The predicted molar refractivity (Wildman–Crippen MR) is 102 cm³/mol. The number of amides is 1. The zero-order chi connectivity index (χ0) is 22.7. The maximum absolute atomic E-state index is 13.0. The summed E-state index contributed by atoms with van der Waals surface area (Å²) in [6.07, 6.45) is -9.46. The van der Waals surface area contributed by atoms with Gasteiger partial charge in [-0.15, -0.1) is 11.3 Å². The highest BCUT2D eigenvalue weighted by Crippen LogP contribution is 2.36. The molecule has 0 aliphatic heterocycles. The minimum absolute atomic E-state index is 0.0861. The van der Waals surface area contributed by atoms with E-state index in [-0.39, 0.29) is 40.7 Å². The van der Waals surface area contributed by atoms with E-state index in [1.54, 1.807) is 7.05 Å². The van der Waals surface area contributed by atoms with Gasteiger partial charge in [-0.3, -0.25) is 4.79 Å². The van der Waals surface area contributed by atoms with Crippen molar-refractivity contribution in [1.82, 2.24) is 10.3 Å². The summed E-state index contributed by atoms with van der Waals surface area (Å²) in [4.78, 5) is 16.4. The quantitative estimate of drug-likeness (QED) is 0.556. The van der Waals surface area contributed by atoms with E-state index in [1.165, 1.54) is 5.38 Å². The van der Waals surface area contributed by atoms with Crippen LogP contribution >= 0.6 is 11.3 Å². The van der Waals surface area contributed by atoms with Crippen LogP contribution in [0.2, 0.25) is 0 Å². The Morgan fingerprint density at radius 2 is 1.63 bits per heavy atom. The Hall–Kier alpha value is -2.14. The van der Waals surface area contributed by atoms with Gasteiger partial charge in [-0.25, -0.2) is 4.98 Å². The highest BCUT2D eigenvalue weighted by Gasteiger charge is 2.36. The lowest BCUT2D eigenvalue weighted by atomic mass is 10.0. The third kappa shape index (κ3) is 6.69. The van der Waals surface area contributed by atoms with Crippen LogP contribution in [0.1, 0.15) is 42.7 Å². The minimum Gasteiger partial charge on any atom is -0.309 e. The number of halogens is 6. The number of benzene rings is 1. The second kappa shape index (κ2) is 9.34. The van der Waals surface area contributed by atoms with Crippen LogP contribution in [-0.4, -0.2) is 24.0 Å². The summed E-state index contributed by atoms with van der Waals surface area (Å²) in [6.45, 7) is 3.92. The van der Waals surface area contributed by atoms with Crippen molar-refractivity contribution in [3.63, 3.8) is 0 Å². The summed E-state index contributed by atoms with van der Waals surface area (Å²) < 4.78 is 77.9. The number of aromatic nitrogens is 1. The van der Waals surface area contributed by atoms with Gasteiger partial charge in [0.2, 0.25) is 5.91 Å². The fourth-order valence-electron chi connectivity index (χ4n) is 2.80. The molecular weight excluding hydrogens is 432 g/mol. The maximum atomic E-state index is 13.0. The van der Waals surface area contributed by atoms with Crippen molar-refractivity contribution in [2.24, 2.45) is 5.92 Å². The molecular formula is C19H21F6N3OS. The third-order valence-electron chi connectivity index (χ3n) is 4.19. The first-order chi connectivity index (χ1) is 13.8. The van der Waals surface area contributed by atoms with E-state index in [9.17, 15) is 31.1 Å². The van der Waals surface area contributed by atoms with E-state index < -0.39 is 29.5 Å². The second-order valence-corrected chi connectivity index (χ2v) is 8.05. The van der Waals surface area contributed by atoms with Crippen LogP contribution in [0, 0.1) is 5.92 Å². The van der Waals surface area contributed by atoms with E-state index in [0.29, 0.717) is 18.6 Å². The fraction of sp³-hybridized carbons (Fsp3) is 0.474. The van der Waals surface area contributed by atoms with Crippen molar-refractivity contribution in [3.8, 4) is 0 Å². The molecule has 0 spiro atoms. The molecule has 2 rings (SSSR count). The highest BCUT2D eigenvalue weighted by atomic mass is 32.1. The number of thiazole rings is 1. The number of alkyl halides is 6. The van der Waals surface area contributed by atoms with Crippen molar-refractivity contribution < 1.29 is 31.1 Å². The molecule has 0 saturated carbocycles. The predicted octanol–water partition coefficient (Wildman–Crippen LogP) is 5.34. The summed E-state index contributed by atoms with van der Waals surface area (Å²) in [5.74, 6) is -0.0469. The lowest BCUT2D eigenvalue weighted by Crippen LogP contribution is -2.39. The number of likely N-dealkylation sites (N-methyl/N-ethyl adjacent to an activating group) is 1. The Balaban J connectivity index is 2.20. The average molecular weight is 453 g/mol. The summed E-state index contributed by atoms with van der Waals surface area (Å²) in [5, 5.41) is 7.22. The first-order valence-electron chi connectivity index (χ1n) is 9.00. The molecule has 30 heavy (non-hydrogen) atoms. The lowest BCUT2D eigenvalue weighted by molar-refractivity contribution is -0.143. The van der Waals surface area contributed by atoms with Crippen LogP contribution in [0.3, 0.4) is 0 Å². The van der Waals surface area contributed by atoms with Crippen LogP contribution in [0.25, 0.3) is 0 Å². The maximum Gasteiger partial charge on any atom is 0.416 e.